The van der Waals surface area contributed by atoms with Crippen molar-refractivity contribution in [2.75, 3.05) is 0 Å². The number of hydrogen-bond acceptors (Lipinski definition) is 2. The summed E-state index contributed by atoms with van der Waals surface area (Å²) in [6, 6.07) is 7.77. The van der Waals surface area contributed by atoms with Crippen molar-refractivity contribution in [1.29, 1.82) is 0 Å². The molecule has 0 bridgehead atoms. The molecule has 17 heavy (non-hydrogen) atoms. The van der Waals surface area contributed by atoms with E-state index in [-0.39, 0.29) is 0 Å². The van der Waals surface area contributed by atoms with E-state index in [0.717, 1.165) is 25.8 Å². The fourth-order valence-electron chi connectivity index (χ4n) is 1.72. The van der Waals surface area contributed by atoms with Crippen molar-refractivity contribution in [2.24, 2.45) is 0 Å². The van der Waals surface area contributed by atoms with Crippen molar-refractivity contribution in [1.82, 2.24) is 9.78 Å². The van der Waals surface area contributed by atoms with Gasteiger partial charge in [0.15, 0.2) is 0 Å². The Hall–Kier alpha value is -0.400. The van der Waals surface area contributed by atoms with Gasteiger partial charge in [0, 0.05) is 26.3 Å². The second-order valence-corrected chi connectivity index (χ2v) is 5.74. The number of rotatable bonds is 3. The topological polar surface area (TPSA) is 38.0 Å². The minimum absolute atomic E-state index is 0.651. The number of aliphatic hydroxyl groups is 1. The summed E-state index contributed by atoms with van der Waals surface area (Å²) >= 11 is 5.71. The van der Waals surface area contributed by atoms with Crippen LogP contribution in [0.5, 0.6) is 0 Å². The molecule has 5 heteroatoms. The van der Waals surface area contributed by atoms with E-state index in [1.807, 2.05) is 31.2 Å². The lowest BCUT2D eigenvalue weighted by Crippen LogP contribution is -2.09. The monoisotopic (exact) mass is 406 g/mol. The second kappa shape index (κ2) is 5.49. The molecule has 2 rings (SSSR count). The molecule has 0 aliphatic heterocycles. The smallest absolute Gasteiger partial charge is 0.122 e. The van der Waals surface area contributed by atoms with Crippen molar-refractivity contribution in [2.45, 2.75) is 19.6 Å². The van der Waals surface area contributed by atoms with Gasteiger partial charge in [-0.05, 0) is 53.8 Å². The highest BCUT2D eigenvalue weighted by Crippen LogP contribution is 2.29. The van der Waals surface area contributed by atoms with Crippen molar-refractivity contribution in [3.8, 4) is 0 Å². The van der Waals surface area contributed by atoms with Gasteiger partial charge in [-0.3, -0.25) is 4.68 Å². The van der Waals surface area contributed by atoms with Gasteiger partial charge in [-0.2, -0.15) is 5.10 Å². The number of aryl methyl sites for hydroxylation is 1. The molecular weight excluding hydrogens is 395 g/mol. The number of aliphatic hydroxyl groups excluding tert-OH is 1. The number of nitrogens with zero attached hydrogens (tertiary/aromatic N) is 2. The second-order valence-electron chi connectivity index (χ2n) is 3.64. The van der Waals surface area contributed by atoms with Crippen LogP contribution in [0.4, 0.5) is 0 Å². The minimum Gasteiger partial charge on any atom is -0.382 e. The summed E-state index contributed by atoms with van der Waals surface area (Å²) in [6.07, 6.45) is 1.06. The Kier molecular flexibility index (Phi) is 4.22. The molecule has 3 nitrogen and oxygen atoms in total. The first kappa shape index (κ1) is 13.0. The summed E-state index contributed by atoms with van der Waals surface area (Å²) in [6.45, 7) is 2.76. The SMILES string of the molecule is CCn1nccc1C(O)c1cc(I)ccc1Br. The van der Waals surface area contributed by atoms with Gasteiger partial charge in [0.2, 0.25) is 0 Å². The van der Waals surface area contributed by atoms with E-state index < -0.39 is 6.10 Å². The predicted molar refractivity (Wildman–Crippen MR) is 78.8 cm³/mol. The maximum atomic E-state index is 10.4. The lowest BCUT2D eigenvalue weighted by molar-refractivity contribution is 0.207. The summed E-state index contributed by atoms with van der Waals surface area (Å²) in [5.41, 5.74) is 1.68. The van der Waals surface area contributed by atoms with Gasteiger partial charge in [0.1, 0.15) is 6.10 Å². The fraction of sp³-hybridized carbons (Fsp3) is 0.250. The lowest BCUT2D eigenvalue weighted by Gasteiger charge is -2.14. The van der Waals surface area contributed by atoms with Crippen LogP contribution in [-0.4, -0.2) is 14.9 Å². The summed E-state index contributed by atoms with van der Waals surface area (Å²) in [5.74, 6) is 0. The minimum atomic E-state index is -0.651. The van der Waals surface area contributed by atoms with Gasteiger partial charge >= 0.3 is 0 Å². The third-order valence-electron chi connectivity index (χ3n) is 2.58. The molecule has 2 aromatic rings. The lowest BCUT2D eigenvalue weighted by atomic mass is 10.1. The zero-order valence-electron chi connectivity index (χ0n) is 9.27. The predicted octanol–water partition coefficient (Wildman–Crippen LogP) is 3.35. The van der Waals surface area contributed by atoms with Crippen molar-refractivity contribution >= 4 is 38.5 Å². The number of hydrogen-bond donors (Lipinski definition) is 1. The van der Waals surface area contributed by atoms with Gasteiger partial charge in [-0.15, -0.1) is 0 Å². The summed E-state index contributed by atoms with van der Waals surface area (Å²) in [4.78, 5) is 0. The molecule has 1 heterocycles. The van der Waals surface area contributed by atoms with Gasteiger partial charge in [-0.1, -0.05) is 15.9 Å². The third-order valence-corrected chi connectivity index (χ3v) is 3.97. The fourth-order valence-corrected chi connectivity index (χ4v) is 2.70. The molecule has 1 aromatic heterocycles. The first-order chi connectivity index (χ1) is 8.13. The standard InChI is InChI=1S/C12H12BrIN2O/c1-2-16-11(5-6-15-16)12(17)9-7-8(14)3-4-10(9)13/h3-7,12,17H,2H2,1H3. The maximum absolute atomic E-state index is 10.4. The van der Waals surface area contributed by atoms with Crippen molar-refractivity contribution < 1.29 is 5.11 Å². The van der Waals surface area contributed by atoms with Crippen LogP contribution in [0.25, 0.3) is 0 Å². The molecule has 1 N–H and O–H groups in total. The molecule has 0 spiro atoms. The Morgan fingerprint density at radius 3 is 2.94 bits per heavy atom. The Morgan fingerprint density at radius 2 is 2.24 bits per heavy atom. The Balaban J connectivity index is 2.43. The average molecular weight is 407 g/mol. The highest BCUT2D eigenvalue weighted by molar-refractivity contribution is 14.1. The quantitative estimate of drug-likeness (QED) is 0.793. The average Bonchev–Trinajstić information content (AvgIpc) is 2.79. The Labute approximate surface area is 122 Å². The molecule has 1 aromatic carbocycles. The normalized spacial score (nSPS) is 12.7. The highest BCUT2D eigenvalue weighted by atomic mass is 127. The van der Waals surface area contributed by atoms with Crippen LogP contribution in [0.15, 0.2) is 34.9 Å². The van der Waals surface area contributed by atoms with Gasteiger partial charge in [0.05, 0.1) is 5.69 Å². The van der Waals surface area contributed by atoms with Crippen LogP contribution < -0.4 is 0 Å². The molecule has 0 saturated heterocycles. The highest BCUT2D eigenvalue weighted by Gasteiger charge is 2.17. The summed E-state index contributed by atoms with van der Waals surface area (Å²) < 4.78 is 3.81. The first-order valence-electron chi connectivity index (χ1n) is 5.28. The molecule has 0 saturated carbocycles. The van der Waals surface area contributed by atoms with E-state index in [0.29, 0.717) is 0 Å². The molecule has 1 unspecified atom stereocenters. The van der Waals surface area contributed by atoms with Gasteiger partial charge < -0.3 is 5.11 Å². The van der Waals surface area contributed by atoms with Crippen molar-refractivity contribution in [3.63, 3.8) is 0 Å². The van der Waals surface area contributed by atoms with Crippen LogP contribution >= 0.6 is 38.5 Å². The van der Waals surface area contributed by atoms with E-state index in [1.54, 1.807) is 10.9 Å². The molecule has 90 valence electrons. The molecule has 0 amide bonds. The summed E-state index contributed by atoms with van der Waals surface area (Å²) in [5, 5.41) is 14.6. The van der Waals surface area contributed by atoms with Gasteiger partial charge in [-0.25, -0.2) is 0 Å². The first-order valence-corrected chi connectivity index (χ1v) is 7.15. The van der Waals surface area contributed by atoms with Crippen LogP contribution in [0.1, 0.15) is 24.3 Å². The van der Waals surface area contributed by atoms with E-state index in [9.17, 15) is 5.11 Å². The maximum Gasteiger partial charge on any atom is 0.122 e. The van der Waals surface area contributed by atoms with E-state index >= 15 is 0 Å². The molecule has 0 aliphatic rings. The molecule has 1 atom stereocenters. The zero-order valence-corrected chi connectivity index (χ0v) is 13.0. The van der Waals surface area contributed by atoms with Gasteiger partial charge in [0.25, 0.3) is 0 Å². The third kappa shape index (κ3) is 2.71. The molecule has 0 aliphatic carbocycles. The Morgan fingerprint density at radius 1 is 1.47 bits per heavy atom. The largest absolute Gasteiger partial charge is 0.382 e. The van der Waals surface area contributed by atoms with Crippen LogP contribution in [-0.2, 0) is 6.54 Å². The van der Waals surface area contributed by atoms with Crippen molar-refractivity contribution in [3.05, 3.63) is 49.8 Å². The van der Waals surface area contributed by atoms with E-state index in [2.05, 4.69) is 43.6 Å². The van der Waals surface area contributed by atoms with E-state index in [4.69, 9.17) is 0 Å². The molecule has 0 radical (unpaired) electrons. The molecule has 0 fully saturated rings. The van der Waals surface area contributed by atoms with Crippen LogP contribution in [0.2, 0.25) is 0 Å². The molecular formula is C12H12BrIN2O. The van der Waals surface area contributed by atoms with E-state index in [1.165, 1.54) is 0 Å². The zero-order chi connectivity index (χ0) is 12.4. The Bertz CT molecular complexity index is 527. The number of benzene rings is 1. The summed E-state index contributed by atoms with van der Waals surface area (Å²) in [7, 11) is 0. The number of halogens is 2. The van der Waals surface area contributed by atoms with Crippen LogP contribution in [0, 0.1) is 3.57 Å². The van der Waals surface area contributed by atoms with Crippen LogP contribution in [0.3, 0.4) is 0 Å². The number of aromatic nitrogens is 2.